The third-order valence-corrected chi connectivity index (χ3v) is 9.07. The lowest BCUT2D eigenvalue weighted by molar-refractivity contribution is 0.239. The Kier molecular flexibility index (Phi) is 30.3. The number of nitrogens with two attached hydrogens (primary N) is 1. The molecule has 0 radical (unpaired) electrons. The van der Waals surface area contributed by atoms with Gasteiger partial charge in [-0.1, -0.05) is 62.3 Å². The second-order valence-corrected chi connectivity index (χ2v) is 17.8. The average Bonchev–Trinajstić information content (AvgIpc) is 3.15. The summed E-state index contributed by atoms with van der Waals surface area (Å²) in [6.07, 6.45) is 13.0. The number of amides is 2. The number of nitrogens with one attached hydrogen (secondary N) is 4. The van der Waals surface area contributed by atoms with Gasteiger partial charge in [-0.15, -0.1) is 0 Å². The summed E-state index contributed by atoms with van der Waals surface area (Å²) < 4.78 is 0. The van der Waals surface area contributed by atoms with Crippen molar-refractivity contribution in [3.05, 3.63) is 44.2 Å². The van der Waals surface area contributed by atoms with Crippen LogP contribution in [-0.4, -0.2) is 95.6 Å². The van der Waals surface area contributed by atoms with Crippen LogP contribution in [0.3, 0.4) is 0 Å². The Hall–Kier alpha value is -6.27. The number of hydrogen-bond donors (Lipinski definition) is 5. The largest absolute Gasteiger partial charge is 0.369 e. The maximum Gasteiger partial charge on any atom is 0.321 e. The molecule has 20 heteroatoms. The molecule has 348 valence electrons. The number of urea groups is 1. The zero-order chi connectivity index (χ0) is 48.5. The average molecular weight is 881 g/mol. The second-order valence-electron chi connectivity index (χ2n) is 17.8. The van der Waals surface area contributed by atoms with Crippen LogP contribution in [0.2, 0.25) is 0 Å². The predicted molar refractivity (Wildman–Crippen MR) is 242 cm³/mol. The van der Waals surface area contributed by atoms with Crippen molar-refractivity contribution in [2.75, 3.05) is 50.3 Å². The lowest BCUT2D eigenvalue weighted by Gasteiger charge is -2.27. The van der Waals surface area contributed by atoms with Crippen LogP contribution in [0.15, 0.2) is 46.7 Å². The molecule has 2 aromatic rings. The summed E-state index contributed by atoms with van der Waals surface area (Å²) in [5.74, 6) is 1.34. The molecular formula is C43H68N12O8. The summed E-state index contributed by atoms with van der Waals surface area (Å²) in [6.45, 7) is 25.2. The zero-order valence-electron chi connectivity index (χ0n) is 38.8. The van der Waals surface area contributed by atoms with Crippen LogP contribution in [0.25, 0.3) is 0 Å². The number of carbonyl (C=O) groups excluding carboxylic acids is 6. The van der Waals surface area contributed by atoms with Crippen LogP contribution in [0.1, 0.15) is 112 Å². The molecule has 0 bridgehead atoms. The van der Waals surface area contributed by atoms with Crippen molar-refractivity contribution in [1.82, 2.24) is 25.3 Å². The van der Waals surface area contributed by atoms with Gasteiger partial charge in [0.2, 0.25) is 42.3 Å². The van der Waals surface area contributed by atoms with E-state index >= 15 is 0 Å². The SMILES string of the molecule is CC(CCN=C=O)CC(C)(C)CN=C=O.CC(CN=C=O)CC(C)(C)CCN=C=O.Cc1cc(=O)[nH]c(N)n1.Cc1cc(=O)[nH]c(NC(=O)NCC(C)CC(C)(C)CCN=C=O)n1. The van der Waals surface area contributed by atoms with Gasteiger partial charge in [0, 0.05) is 30.1 Å². The number of carbonyl (C=O) groups is 1. The highest BCUT2D eigenvalue weighted by Gasteiger charge is 2.23. The molecule has 0 aromatic carbocycles. The molecular weight excluding hydrogens is 813 g/mol. The van der Waals surface area contributed by atoms with E-state index in [1.54, 1.807) is 32.1 Å². The van der Waals surface area contributed by atoms with Crippen molar-refractivity contribution < 1.29 is 28.8 Å². The Morgan fingerprint density at radius 3 is 1.60 bits per heavy atom. The van der Waals surface area contributed by atoms with Crippen LogP contribution in [-0.2, 0) is 24.0 Å². The molecule has 6 N–H and O–H groups in total. The molecule has 0 saturated carbocycles. The van der Waals surface area contributed by atoms with Crippen LogP contribution in [0.4, 0.5) is 16.7 Å². The van der Waals surface area contributed by atoms with Gasteiger partial charge in [-0.3, -0.25) is 24.9 Å². The van der Waals surface area contributed by atoms with Crippen molar-refractivity contribution in [2.24, 2.45) is 59.0 Å². The number of aromatic amines is 2. The normalized spacial score (nSPS) is 11.9. The van der Waals surface area contributed by atoms with E-state index in [2.05, 4.69) is 104 Å². The number of hydrogen-bond acceptors (Lipinski definition) is 16. The fourth-order valence-corrected chi connectivity index (χ4v) is 6.58. The molecule has 0 aliphatic rings. The molecule has 0 aliphatic carbocycles. The topological polar surface area (TPSA) is 306 Å². The zero-order valence-corrected chi connectivity index (χ0v) is 38.8. The Morgan fingerprint density at radius 2 is 1.13 bits per heavy atom. The van der Waals surface area contributed by atoms with E-state index in [1.807, 2.05) is 13.8 Å². The first-order valence-electron chi connectivity index (χ1n) is 20.6. The number of aromatic nitrogens is 4. The number of nitrogens with zero attached hydrogens (tertiary/aromatic N) is 7. The van der Waals surface area contributed by atoms with E-state index in [9.17, 15) is 38.4 Å². The molecule has 63 heavy (non-hydrogen) atoms. The molecule has 0 spiro atoms. The minimum atomic E-state index is -0.418. The molecule has 3 atom stereocenters. The van der Waals surface area contributed by atoms with Crippen molar-refractivity contribution in [3.63, 3.8) is 0 Å². The molecule has 20 nitrogen and oxygen atoms in total. The highest BCUT2D eigenvalue weighted by molar-refractivity contribution is 5.87. The standard InChI is InChI=1S/C16H25N5O3.2C11H18N2O2.C5H7N3O/c1-11(8-16(3,4)5-6-17-10-22)9-18-15(24)21-14-19-12(2)7-13(23)20-14;1-10(7-13-9-15)6-11(2,3)4-5-12-8-14;1-10(4-5-12-8-14)6-11(2,3)7-13-9-15;1-3-2-4(9)8-5(6)7-3/h7,11H,5-6,8-9H2,1-4H3,(H3,18,19,20,21,23,24);2*10H,4-7H2,1-3H3;2H,1H3,(H3,6,7,8,9). The number of H-pyrrole nitrogens is 2. The molecule has 0 fully saturated rings. The van der Waals surface area contributed by atoms with Crippen LogP contribution in [0, 0.1) is 47.8 Å². The maximum absolute atomic E-state index is 11.9. The van der Waals surface area contributed by atoms with Crippen molar-refractivity contribution in [3.8, 4) is 0 Å². The molecule has 0 aliphatic heterocycles. The van der Waals surface area contributed by atoms with Gasteiger partial charge in [0.25, 0.3) is 11.1 Å². The smallest absolute Gasteiger partial charge is 0.321 e. The molecule has 2 amide bonds. The lowest BCUT2D eigenvalue weighted by Crippen LogP contribution is -2.34. The monoisotopic (exact) mass is 881 g/mol. The van der Waals surface area contributed by atoms with Gasteiger partial charge in [0.05, 0.1) is 32.7 Å². The van der Waals surface area contributed by atoms with Crippen molar-refractivity contribution >= 4 is 48.3 Å². The van der Waals surface area contributed by atoms with Crippen LogP contribution < -0.4 is 27.5 Å². The van der Waals surface area contributed by atoms with Gasteiger partial charge in [-0.2, -0.15) is 0 Å². The Labute approximate surface area is 369 Å². The van der Waals surface area contributed by atoms with Gasteiger partial charge in [-0.25, -0.2) is 63.7 Å². The molecule has 2 heterocycles. The summed E-state index contributed by atoms with van der Waals surface area (Å²) in [5, 5.41) is 5.27. The molecule has 2 rings (SSSR count). The summed E-state index contributed by atoms with van der Waals surface area (Å²) in [6, 6.07) is 2.32. The first-order chi connectivity index (χ1) is 29.4. The Morgan fingerprint density at radius 1 is 0.667 bits per heavy atom. The minimum absolute atomic E-state index is 0.00171. The number of anilines is 2. The maximum atomic E-state index is 11.9. The van der Waals surface area contributed by atoms with Crippen molar-refractivity contribution in [2.45, 2.75) is 115 Å². The Bertz CT molecular complexity index is 2010. The van der Waals surface area contributed by atoms with E-state index in [-0.39, 0.29) is 45.2 Å². The van der Waals surface area contributed by atoms with E-state index in [0.717, 1.165) is 38.5 Å². The van der Waals surface area contributed by atoms with Crippen LogP contribution in [0.5, 0.6) is 0 Å². The fraction of sp³-hybridized carbons (Fsp3) is 0.674. The number of rotatable bonds is 22. The van der Waals surface area contributed by atoms with Gasteiger partial charge >= 0.3 is 6.03 Å². The van der Waals surface area contributed by atoms with Crippen LogP contribution >= 0.6 is 0 Å². The van der Waals surface area contributed by atoms with Gasteiger partial charge in [-0.05, 0) is 86.4 Å². The lowest BCUT2D eigenvalue weighted by atomic mass is 9.80. The first-order valence-corrected chi connectivity index (χ1v) is 20.6. The third kappa shape index (κ3) is 35.1. The van der Waals surface area contributed by atoms with Gasteiger partial charge in [0.1, 0.15) is 0 Å². The molecule has 3 unspecified atom stereocenters. The summed E-state index contributed by atoms with van der Waals surface area (Å²) in [4.78, 5) is 114. The summed E-state index contributed by atoms with van der Waals surface area (Å²) >= 11 is 0. The van der Waals surface area contributed by atoms with Gasteiger partial charge in [0.15, 0.2) is 0 Å². The Balaban J connectivity index is 0. The second kappa shape index (κ2) is 32.4. The number of isocyanates is 5. The molecule has 0 saturated heterocycles. The minimum Gasteiger partial charge on any atom is -0.369 e. The first kappa shape index (κ1) is 58.8. The quantitative estimate of drug-likeness (QED) is 0.0691. The van der Waals surface area contributed by atoms with Crippen molar-refractivity contribution in [1.29, 1.82) is 0 Å². The number of nitrogen functional groups attached to an aromatic ring is 1. The third-order valence-electron chi connectivity index (χ3n) is 9.07. The van der Waals surface area contributed by atoms with Gasteiger partial charge < -0.3 is 11.1 Å². The summed E-state index contributed by atoms with van der Waals surface area (Å²) in [5.41, 5.74) is 5.96. The number of aliphatic imine (C=N–C) groups is 5. The van der Waals surface area contributed by atoms with E-state index in [4.69, 9.17) is 5.73 Å². The van der Waals surface area contributed by atoms with E-state index in [0.29, 0.717) is 62.5 Å². The summed E-state index contributed by atoms with van der Waals surface area (Å²) in [7, 11) is 0. The number of aryl methyl sites for hydroxylation is 2. The highest BCUT2D eigenvalue weighted by atomic mass is 16.2. The predicted octanol–water partition coefficient (Wildman–Crippen LogP) is 5.84. The highest BCUT2D eigenvalue weighted by Crippen LogP contribution is 2.30. The van der Waals surface area contributed by atoms with E-state index in [1.165, 1.54) is 24.3 Å². The fourth-order valence-electron chi connectivity index (χ4n) is 6.58. The molecule has 2 aromatic heterocycles. The van der Waals surface area contributed by atoms with E-state index < -0.39 is 6.03 Å².